The molecule has 0 amide bonds. The SMILES string of the molecule is CC(C)/C(=C/CN)c1cccs1. The van der Waals surface area contributed by atoms with Gasteiger partial charge in [-0.1, -0.05) is 26.0 Å². The van der Waals surface area contributed by atoms with Crippen LogP contribution < -0.4 is 5.73 Å². The van der Waals surface area contributed by atoms with Crippen molar-refractivity contribution in [3.8, 4) is 0 Å². The number of thiophene rings is 1. The minimum atomic E-state index is 0.562. The lowest BCUT2D eigenvalue weighted by Crippen LogP contribution is -1.98. The maximum Gasteiger partial charge on any atom is 0.0302 e. The first-order chi connectivity index (χ1) is 5.75. The lowest BCUT2D eigenvalue weighted by atomic mass is 10.0. The Morgan fingerprint density at radius 1 is 1.67 bits per heavy atom. The van der Waals surface area contributed by atoms with Gasteiger partial charge in [0.15, 0.2) is 0 Å². The molecule has 2 heteroatoms. The van der Waals surface area contributed by atoms with Crippen LogP contribution in [-0.4, -0.2) is 6.54 Å². The fourth-order valence-electron chi connectivity index (χ4n) is 1.19. The molecule has 0 spiro atoms. The van der Waals surface area contributed by atoms with E-state index in [0.717, 1.165) is 0 Å². The highest BCUT2D eigenvalue weighted by molar-refractivity contribution is 7.11. The minimum absolute atomic E-state index is 0.562. The lowest BCUT2D eigenvalue weighted by Gasteiger charge is -2.08. The molecule has 1 rings (SSSR count). The maximum atomic E-state index is 5.50. The van der Waals surface area contributed by atoms with Crippen molar-refractivity contribution in [2.75, 3.05) is 6.54 Å². The van der Waals surface area contributed by atoms with Crippen LogP contribution in [0.4, 0.5) is 0 Å². The van der Waals surface area contributed by atoms with E-state index in [1.54, 1.807) is 11.3 Å². The fraction of sp³-hybridized carbons (Fsp3) is 0.400. The van der Waals surface area contributed by atoms with Gasteiger partial charge in [-0.2, -0.15) is 0 Å². The van der Waals surface area contributed by atoms with E-state index in [1.165, 1.54) is 10.5 Å². The summed E-state index contributed by atoms with van der Waals surface area (Å²) in [6.45, 7) is 5.02. The molecular formula is C10H15NS. The molecule has 2 N–H and O–H groups in total. The molecule has 0 aromatic carbocycles. The lowest BCUT2D eigenvalue weighted by molar-refractivity contribution is 0.855. The largest absolute Gasteiger partial charge is 0.327 e. The third-order valence-corrected chi connectivity index (χ3v) is 2.68. The van der Waals surface area contributed by atoms with Crippen molar-refractivity contribution < 1.29 is 0 Å². The zero-order chi connectivity index (χ0) is 8.97. The van der Waals surface area contributed by atoms with E-state index in [1.807, 2.05) is 0 Å². The van der Waals surface area contributed by atoms with Gasteiger partial charge in [-0.3, -0.25) is 0 Å². The van der Waals surface area contributed by atoms with Gasteiger partial charge in [-0.25, -0.2) is 0 Å². The number of nitrogens with two attached hydrogens (primary N) is 1. The number of hydrogen-bond acceptors (Lipinski definition) is 2. The number of hydrogen-bond donors (Lipinski definition) is 1. The van der Waals surface area contributed by atoms with Gasteiger partial charge < -0.3 is 5.73 Å². The maximum absolute atomic E-state index is 5.50. The Labute approximate surface area is 77.9 Å². The topological polar surface area (TPSA) is 26.0 Å². The first kappa shape index (κ1) is 9.49. The monoisotopic (exact) mass is 181 g/mol. The Balaban J connectivity index is 2.88. The molecule has 1 aromatic rings. The van der Waals surface area contributed by atoms with Crippen LogP contribution >= 0.6 is 11.3 Å². The predicted molar refractivity (Wildman–Crippen MR) is 56.2 cm³/mol. The molecule has 0 atom stereocenters. The molecule has 66 valence electrons. The van der Waals surface area contributed by atoms with E-state index in [4.69, 9.17) is 5.73 Å². The highest BCUT2D eigenvalue weighted by Crippen LogP contribution is 2.26. The predicted octanol–water partition coefficient (Wildman–Crippen LogP) is 2.75. The van der Waals surface area contributed by atoms with Crippen molar-refractivity contribution in [2.45, 2.75) is 13.8 Å². The average Bonchev–Trinajstić information content (AvgIpc) is 2.51. The molecule has 0 saturated carbocycles. The van der Waals surface area contributed by atoms with Crippen LogP contribution in [0.3, 0.4) is 0 Å². The molecule has 0 aliphatic carbocycles. The zero-order valence-corrected chi connectivity index (χ0v) is 8.40. The summed E-state index contributed by atoms with van der Waals surface area (Å²) in [5.74, 6) is 0.562. The van der Waals surface area contributed by atoms with Crippen LogP contribution in [0, 0.1) is 5.92 Å². The third kappa shape index (κ3) is 2.19. The Morgan fingerprint density at radius 2 is 2.42 bits per heavy atom. The molecule has 0 bridgehead atoms. The number of allylic oxidation sites excluding steroid dienone is 1. The van der Waals surface area contributed by atoms with Crippen molar-refractivity contribution in [3.05, 3.63) is 28.5 Å². The van der Waals surface area contributed by atoms with Gasteiger partial charge in [0.1, 0.15) is 0 Å². The number of rotatable bonds is 3. The first-order valence-electron chi connectivity index (χ1n) is 4.19. The standard InChI is InChI=1S/C10H15NS/c1-8(2)9(5-6-11)10-4-3-7-12-10/h3-5,7-8H,6,11H2,1-2H3/b9-5-. The Hall–Kier alpha value is -0.600. The molecule has 0 fully saturated rings. The highest BCUT2D eigenvalue weighted by atomic mass is 32.1. The molecule has 0 aliphatic heterocycles. The van der Waals surface area contributed by atoms with Crippen LogP contribution in [-0.2, 0) is 0 Å². The molecule has 0 aliphatic rings. The van der Waals surface area contributed by atoms with Crippen molar-refractivity contribution in [1.29, 1.82) is 0 Å². The van der Waals surface area contributed by atoms with Crippen molar-refractivity contribution >= 4 is 16.9 Å². The van der Waals surface area contributed by atoms with Gasteiger partial charge >= 0.3 is 0 Å². The van der Waals surface area contributed by atoms with Gasteiger partial charge in [0.25, 0.3) is 0 Å². The van der Waals surface area contributed by atoms with E-state index in [0.29, 0.717) is 12.5 Å². The average molecular weight is 181 g/mol. The molecule has 12 heavy (non-hydrogen) atoms. The minimum Gasteiger partial charge on any atom is -0.327 e. The van der Waals surface area contributed by atoms with E-state index in [9.17, 15) is 0 Å². The molecule has 0 saturated heterocycles. The van der Waals surface area contributed by atoms with Crippen molar-refractivity contribution in [2.24, 2.45) is 11.7 Å². The summed E-state index contributed by atoms with van der Waals surface area (Å²) >= 11 is 1.78. The van der Waals surface area contributed by atoms with Crippen LogP contribution in [0.15, 0.2) is 23.6 Å². The fourth-order valence-corrected chi connectivity index (χ4v) is 2.11. The van der Waals surface area contributed by atoms with Crippen LogP contribution in [0.2, 0.25) is 0 Å². The van der Waals surface area contributed by atoms with Gasteiger partial charge in [0, 0.05) is 11.4 Å². The Morgan fingerprint density at radius 3 is 2.83 bits per heavy atom. The summed E-state index contributed by atoms with van der Waals surface area (Å²) in [5, 5.41) is 2.10. The van der Waals surface area contributed by atoms with Crippen molar-refractivity contribution in [3.63, 3.8) is 0 Å². The third-order valence-electron chi connectivity index (χ3n) is 1.77. The summed E-state index contributed by atoms with van der Waals surface area (Å²) in [6, 6.07) is 4.22. The molecule has 0 radical (unpaired) electrons. The van der Waals surface area contributed by atoms with E-state index < -0.39 is 0 Å². The smallest absolute Gasteiger partial charge is 0.0302 e. The van der Waals surface area contributed by atoms with Crippen LogP contribution in [0.5, 0.6) is 0 Å². The summed E-state index contributed by atoms with van der Waals surface area (Å²) in [6.07, 6.45) is 2.11. The second kappa shape index (κ2) is 4.43. The Bertz CT molecular complexity index is 247. The quantitative estimate of drug-likeness (QED) is 0.762. The molecular weight excluding hydrogens is 166 g/mol. The van der Waals surface area contributed by atoms with Crippen molar-refractivity contribution in [1.82, 2.24) is 0 Å². The summed E-state index contributed by atoms with van der Waals surface area (Å²) < 4.78 is 0. The molecule has 1 heterocycles. The highest BCUT2D eigenvalue weighted by Gasteiger charge is 2.05. The summed E-state index contributed by atoms with van der Waals surface area (Å²) in [4.78, 5) is 1.34. The van der Waals surface area contributed by atoms with Gasteiger partial charge in [-0.05, 0) is 22.9 Å². The van der Waals surface area contributed by atoms with E-state index in [-0.39, 0.29) is 0 Å². The van der Waals surface area contributed by atoms with Gasteiger partial charge in [0.2, 0.25) is 0 Å². The second-order valence-electron chi connectivity index (χ2n) is 3.03. The summed E-state index contributed by atoms with van der Waals surface area (Å²) in [5.41, 5.74) is 6.87. The van der Waals surface area contributed by atoms with Gasteiger partial charge in [-0.15, -0.1) is 11.3 Å². The molecule has 0 unspecified atom stereocenters. The molecule has 1 nitrogen and oxygen atoms in total. The zero-order valence-electron chi connectivity index (χ0n) is 7.58. The normalized spacial score (nSPS) is 12.5. The first-order valence-corrected chi connectivity index (χ1v) is 5.07. The molecule has 1 aromatic heterocycles. The summed E-state index contributed by atoms with van der Waals surface area (Å²) in [7, 11) is 0. The van der Waals surface area contributed by atoms with Gasteiger partial charge in [0.05, 0.1) is 0 Å². The van der Waals surface area contributed by atoms with Crippen LogP contribution in [0.25, 0.3) is 5.57 Å². The van der Waals surface area contributed by atoms with Crippen LogP contribution in [0.1, 0.15) is 18.7 Å². The Kier molecular flexibility index (Phi) is 3.50. The second-order valence-corrected chi connectivity index (χ2v) is 3.97. The van der Waals surface area contributed by atoms with E-state index >= 15 is 0 Å². The van der Waals surface area contributed by atoms with E-state index in [2.05, 4.69) is 37.4 Å².